The molecular weight excluding hydrogens is 414 g/mol. The third-order valence-corrected chi connectivity index (χ3v) is 6.79. The van der Waals surface area contributed by atoms with Gasteiger partial charge in [-0.15, -0.1) is 21.5 Å². The van der Waals surface area contributed by atoms with Crippen LogP contribution in [0.1, 0.15) is 36.5 Å². The van der Waals surface area contributed by atoms with Crippen molar-refractivity contribution in [3.63, 3.8) is 0 Å². The molecule has 0 bridgehead atoms. The molecule has 0 spiro atoms. The van der Waals surface area contributed by atoms with Gasteiger partial charge in [-0.2, -0.15) is 0 Å². The van der Waals surface area contributed by atoms with Crippen LogP contribution in [0, 0.1) is 0 Å². The van der Waals surface area contributed by atoms with E-state index in [-0.39, 0.29) is 6.04 Å². The second kappa shape index (κ2) is 9.59. The standard InChI is InChI=1S/C22H25N5OS2/c1-4-18(26(2)3)21-23-24-22(27(21)14-16-9-6-5-7-10-16)30-15-17-13-19(28-25-17)20-11-8-12-29-20/h5-13,18H,4,14-15H2,1-3H3/t18-/m1/s1. The summed E-state index contributed by atoms with van der Waals surface area (Å²) in [5, 5.41) is 16.3. The van der Waals surface area contributed by atoms with Crippen LogP contribution in [-0.4, -0.2) is 38.9 Å². The molecule has 3 heterocycles. The third kappa shape index (κ3) is 4.66. The fourth-order valence-corrected chi connectivity index (χ4v) is 4.90. The molecule has 4 rings (SSSR count). The molecule has 0 saturated heterocycles. The van der Waals surface area contributed by atoms with Crippen molar-refractivity contribution in [2.45, 2.75) is 36.8 Å². The second-order valence-corrected chi connectivity index (χ2v) is 9.14. The van der Waals surface area contributed by atoms with E-state index in [1.807, 2.05) is 29.6 Å². The van der Waals surface area contributed by atoms with E-state index in [0.29, 0.717) is 5.75 Å². The van der Waals surface area contributed by atoms with Crippen molar-refractivity contribution in [2.24, 2.45) is 0 Å². The summed E-state index contributed by atoms with van der Waals surface area (Å²) in [6.45, 7) is 2.93. The molecule has 1 aromatic carbocycles. The van der Waals surface area contributed by atoms with Gasteiger partial charge in [-0.1, -0.05) is 60.2 Å². The van der Waals surface area contributed by atoms with E-state index >= 15 is 0 Å². The molecule has 4 aromatic rings. The molecule has 3 aromatic heterocycles. The summed E-state index contributed by atoms with van der Waals surface area (Å²) in [5.41, 5.74) is 2.13. The topological polar surface area (TPSA) is 60.0 Å². The number of rotatable bonds is 9. The summed E-state index contributed by atoms with van der Waals surface area (Å²) in [4.78, 5) is 3.29. The highest BCUT2D eigenvalue weighted by molar-refractivity contribution is 7.98. The second-order valence-electron chi connectivity index (χ2n) is 7.25. The third-order valence-electron chi connectivity index (χ3n) is 4.91. The molecule has 156 valence electrons. The number of thioether (sulfide) groups is 1. The minimum absolute atomic E-state index is 0.216. The minimum Gasteiger partial charge on any atom is -0.355 e. The van der Waals surface area contributed by atoms with Crippen LogP contribution in [-0.2, 0) is 12.3 Å². The van der Waals surface area contributed by atoms with Crippen molar-refractivity contribution >= 4 is 23.1 Å². The maximum Gasteiger partial charge on any atom is 0.191 e. The van der Waals surface area contributed by atoms with Crippen LogP contribution in [0.2, 0.25) is 0 Å². The van der Waals surface area contributed by atoms with Crippen LogP contribution in [0.5, 0.6) is 0 Å². The molecule has 0 saturated carbocycles. The van der Waals surface area contributed by atoms with Gasteiger partial charge in [0.25, 0.3) is 0 Å². The Morgan fingerprint density at radius 2 is 1.97 bits per heavy atom. The van der Waals surface area contributed by atoms with Crippen molar-refractivity contribution in [1.82, 2.24) is 24.8 Å². The molecule has 1 atom stereocenters. The highest BCUT2D eigenvalue weighted by Crippen LogP contribution is 2.30. The fraction of sp³-hybridized carbons (Fsp3) is 0.318. The highest BCUT2D eigenvalue weighted by Gasteiger charge is 2.22. The quantitative estimate of drug-likeness (QED) is 0.328. The molecule has 8 heteroatoms. The monoisotopic (exact) mass is 439 g/mol. The smallest absolute Gasteiger partial charge is 0.191 e. The van der Waals surface area contributed by atoms with Crippen LogP contribution < -0.4 is 0 Å². The summed E-state index contributed by atoms with van der Waals surface area (Å²) in [6, 6.07) is 16.7. The van der Waals surface area contributed by atoms with Gasteiger partial charge in [0.1, 0.15) is 0 Å². The summed E-state index contributed by atoms with van der Waals surface area (Å²) >= 11 is 3.29. The predicted molar refractivity (Wildman–Crippen MR) is 122 cm³/mol. The van der Waals surface area contributed by atoms with Crippen molar-refractivity contribution in [2.75, 3.05) is 14.1 Å². The zero-order valence-electron chi connectivity index (χ0n) is 17.4. The van der Waals surface area contributed by atoms with Gasteiger partial charge in [-0.25, -0.2) is 0 Å². The van der Waals surface area contributed by atoms with Gasteiger partial charge in [0.05, 0.1) is 23.2 Å². The van der Waals surface area contributed by atoms with Crippen molar-refractivity contribution in [3.05, 3.63) is 71.0 Å². The SMILES string of the molecule is CC[C@H](c1nnc(SCc2cc(-c3cccs3)on2)n1Cc1ccccc1)N(C)C. The van der Waals surface area contributed by atoms with Crippen LogP contribution >= 0.6 is 23.1 Å². The van der Waals surface area contributed by atoms with Crippen LogP contribution in [0.3, 0.4) is 0 Å². The molecule has 0 aliphatic rings. The molecule has 30 heavy (non-hydrogen) atoms. The zero-order valence-corrected chi connectivity index (χ0v) is 19.0. The van der Waals surface area contributed by atoms with Crippen LogP contribution in [0.4, 0.5) is 0 Å². The van der Waals surface area contributed by atoms with Gasteiger partial charge < -0.3 is 9.09 Å². The molecule has 6 nitrogen and oxygen atoms in total. The lowest BCUT2D eigenvalue weighted by Gasteiger charge is -2.23. The lowest BCUT2D eigenvalue weighted by atomic mass is 10.2. The van der Waals surface area contributed by atoms with Gasteiger partial charge in [0.2, 0.25) is 0 Å². The average Bonchev–Trinajstić information content (AvgIpc) is 3.49. The Labute approximate surface area is 184 Å². The molecule has 0 amide bonds. The van der Waals surface area contributed by atoms with Crippen molar-refractivity contribution in [3.8, 4) is 10.6 Å². The Hall–Kier alpha value is -2.42. The van der Waals surface area contributed by atoms with E-state index in [9.17, 15) is 0 Å². The Morgan fingerprint density at radius 3 is 2.67 bits per heavy atom. The first kappa shape index (κ1) is 20.8. The van der Waals surface area contributed by atoms with E-state index in [2.05, 4.69) is 70.1 Å². The first-order chi connectivity index (χ1) is 14.7. The Balaban J connectivity index is 1.57. The summed E-state index contributed by atoms with van der Waals surface area (Å²) in [6.07, 6.45) is 0.970. The first-order valence-corrected chi connectivity index (χ1v) is 11.8. The van der Waals surface area contributed by atoms with Gasteiger partial charge in [-0.05, 0) is 37.5 Å². The Morgan fingerprint density at radius 1 is 1.13 bits per heavy atom. The molecule has 0 N–H and O–H groups in total. The van der Waals surface area contributed by atoms with E-state index in [0.717, 1.165) is 40.3 Å². The van der Waals surface area contributed by atoms with Crippen LogP contribution in [0.25, 0.3) is 10.6 Å². The predicted octanol–water partition coefficient (Wildman–Crippen LogP) is 5.35. The van der Waals surface area contributed by atoms with Crippen LogP contribution in [0.15, 0.2) is 63.6 Å². The first-order valence-electron chi connectivity index (χ1n) is 9.91. The number of thiophene rings is 1. The molecule has 0 unspecified atom stereocenters. The molecule has 0 aliphatic heterocycles. The zero-order chi connectivity index (χ0) is 20.9. The summed E-state index contributed by atoms with van der Waals surface area (Å²) in [7, 11) is 4.17. The van der Waals surface area contributed by atoms with Gasteiger partial charge in [0.15, 0.2) is 16.7 Å². The number of nitrogens with zero attached hydrogens (tertiary/aromatic N) is 5. The molecule has 0 fully saturated rings. The van der Waals surface area contributed by atoms with E-state index in [1.165, 1.54) is 5.56 Å². The maximum absolute atomic E-state index is 5.51. The Kier molecular flexibility index (Phi) is 6.66. The largest absolute Gasteiger partial charge is 0.355 e. The van der Waals surface area contributed by atoms with Gasteiger partial charge in [-0.3, -0.25) is 4.90 Å². The van der Waals surface area contributed by atoms with Gasteiger partial charge >= 0.3 is 0 Å². The number of hydrogen-bond acceptors (Lipinski definition) is 7. The Bertz CT molecular complexity index is 1060. The number of aromatic nitrogens is 4. The lowest BCUT2D eigenvalue weighted by Crippen LogP contribution is -2.23. The van der Waals surface area contributed by atoms with Crippen molar-refractivity contribution < 1.29 is 4.52 Å². The molecule has 0 aliphatic carbocycles. The fourth-order valence-electron chi connectivity index (χ4n) is 3.40. The molecule has 0 radical (unpaired) electrons. The minimum atomic E-state index is 0.216. The lowest BCUT2D eigenvalue weighted by molar-refractivity contribution is 0.272. The average molecular weight is 440 g/mol. The van der Waals surface area contributed by atoms with E-state index < -0.39 is 0 Å². The molecular formula is C22H25N5OS2. The van der Waals surface area contributed by atoms with E-state index in [4.69, 9.17) is 4.52 Å². The summed E-state index contributed by atoms with van der Waals surface area (Å²) in [5.74, 6) is 2.49. The maximum atomic E-state index is 5.51. The van der Waals surface area contributed by atoms with Gasteiger partial charge in [0, 0.05) is 11.8 Å². The highest BCUT2D eigenvalue weighted by atomic mass is 32.2. The van der Waals surface area contributed by atoms with E-state index in [1.54, 1.807) is 23.1 Å². The number of benzene rings is 1. The normalized spacial score (nSPS) is 12.5. The number of hydrogen-bond donors (Lipinski definition) is 0. The van der Waals surface area contributed by atoms with Crippen molar-refractivity contribution in [1.29, 1.82) is 0 Å². The summed E-state index contributed by atoms with van der Waals surface area (Å²) < 4.78 is 7.74.